The highest BCUT2D eigenvalue weighted by Gasteiger charge is 2.12. The van der Waals surface area contributed by atoms with Gasteiger partial charge in [0.2, 0.25) is 0 Å². The second-order valence-electron chi connectivity index (χ2n) is 4.72. The van der Waals surface area contributed by atoms with E-state index in [-0.39, 0.29) is 11.9 Å². The number of fused-ring (bicyclic) bond motifs is 1. The Bertz CT molecular complexity index is 715. The van der Waals surface area contributed by atoms with Crippen LogP contribution >= 0.6 is 11.3 Å². The number of hydrogen-bond donors (Lipinski definition) is 1. The largest absolute Gasteiger partial charge is 0.320 e. The van der Waals surface area contributed by atoms with Crippen LogP contribution in [0.25, 0.3) is 10.1 Å². The van der Waals surface area contributed by atoms with Crippen molar-refractivity contribution in [3.8, 4) is 0 Å². The van der Waals surface area contributed by atoms with Gasteiger partial charge in [0.15, 0.2) is 0 Å². The molecule has 1 nitrogen and oxygen atoms in total. The number of halogens is 1. The van der Waals surface area contributed by atoms with Crippen LogP contribution in [0.2, 0.25) is 0 Å². The molecule has 0 saturated heterocycles. The smallest absolute Gasteiger partial charge is 0.123 e. The van der Waals surface area contributed by atoms with Gasteiger partial charge in [-0.05, 0) is 42.1 Å². The molecule has 0 aliphatic heterocycles. The van der Waals surface area contributed by atoms with Crippen molar-refractivity contribution in [2.75, 3.05) is 0 Å². The van der Waals surface area contributed by atoms with Crippen LogP contribution in [0.3, 0.4) is 0 Å². The van der Waals surface area contributed by atoms with E-state index in [0.29, 0.717) is 0 Å². The normalized spacial score (nSPS) is 12.8. The lowest BCUT2D eigenvalue weighted by molar-refractivity contribution is 0.630. The van der Waals surface area contributed by atoms with Crippen molar-refractivity contribution < 1.29 is 4.39 Å². The molecule has 19 heavy (non-hydrogen) atoms. The average molecular weight is 271 g/mol. The van der Waals surface area contributed by atoms with E-state index in [9.17, 15) is 4.39 Å². The molecule has 0 amide bonds. The number of benzene rings is 2. The molecule has 2 N–H and O–H groups in total. The van der Waals surface area contributed by atoms with E-state index in [0.717, 1.165) is 20.5 Å². The Morgan fingerprint density at radius 1 is 1.05 bits per heavy atom. The van der Waals surface area contributed by atoms with Gasteiger partial charge in [0, 0.05) is 9.58 Å². The lowest BCUT2D eigenvalue weighted by Crippen LogP contribution is -2.09. The second-order valence-corrected chi connectivity index (χ2v) is 5.83. The SMILES string of the molecule is Cc1ccc(C(N)c2cc3cc(F)ccc3s2)cc1. The van der Waals surface area contributed by atoms with Crippen molar-refractivity contribution in [3.63, 3.8) is 0 Å². The van der Waals surface area contributed by atoms with Gasteiger partial charge in [-0.2, -0.15) is 0 Å². The van der Waals surface area contributed by atoms with Crippen LogP contribution in [0.1, 0.15) is 22.0 Å². The maximum atomic E-state index is 13.2. The Labute approximate surface area is 115 Å². The topological polar surface area (TPSA) is 26.0 Å². The van der Waals surface area contributed by atoms with Crippen LogP contribution in [-0.4, -0.2) is 0 Å². The second kappa shape index (κ2) is 4.76. The highest BCUT2D eigenvalue weighted by molar-refractivity contribution is 7.19. The quantitative estimate of drug-likeness (QED) is 0.734. The summed E-state index contributed by atoms with van der Waals surface area (Å²) < 4.78 is 14.3. The number of rotatable bonds is 2. The molecule has 0 aliphatic rings. The molecule has 0 bridgehead atoms. The van der Waals surface area contributed by atoms with Gasteiger partial charge < -0.3 is 5.73 Å². The zero-order valence-corrected chi connectivity index (χ0v) is 11.4. The van der Waals surface area contributed by atoms with Gasteiger partial charge in [0.1, 0.15) is 5.82 Å². The summed E-state index contributed by atoms with van der Waals surface area (Å²) in [6, 6.07) is 14.9. The first-order valence-electron chi connectivity index (χ1n) is 6.14. The number of thiophene rings is 1. The Kier molecular flexibility index (Phi) is 3.09. The highest BCUT2D eigenvalue weighted by Crippen LogP contribution is 2.32. The maximum absolute atomic E-state index is 13.2. The van der Waals surface area contributed by atoms with Gasteiger partial charge in [-0.15, -0.1) is 11.3 Å². The fourth-order valence-corrected chi connectivity index (χ4v) is 3.20. The Morgan fingerprint density at radius 3 is 2.53 bits per heavy atom. The number of hydrogen-bond acceptors (Lipinski definition) is 2. The third kappa shape index (κ3) is 2.39. The Balaban J connectivity index is 2.01. The summed E-state index contributed by atoms with van der Waals surface area (Å²) in [5.74, 6) is -0.208. The summed E-state index contributed by atoms with van der Waals surface area (Å²) in [6.45, 7) is 2.05. The van der Waals surface area contributed by atoms with E-state index in [4.69, 9.17) is 5.73 Å². The summed E-state index contributed by atoms with van der Waals surface area (Å²) in [5.41, 5.74) is 8.58. The van der Waals surface area contributed by atoms with Crippen molar-refractivity contribution >= 4 is 21.4 Å². The molecule has 3 rings (SSSR count). The molecule has 1 atom stereocenters. The molecule has 0 radical (unpaired) electrons. The minimum atomic E-state index is -0.208. The van der Waals surface area contributed by atoms with Gasteiger partial charge in [0.05, 0.1) is 6.04 Å². The minimum Gasteiger partial charge on any atom is -0.320 e. The Hall–Kier alpha value is -1.71. The zero-order valence-electron chi connectivity index (χ0n) is 10.6. The maximum Gasteiger partial charge on any atom is 0.123 e. The van der Waals surface area contributed by atoms with Crippen LogP contribution < -0.4 is 5.73 Å². The van der Waals surface area contributed by atoms with Crippen molar-refractivity contribution in [2.24, 2.45) is 5.73 Å². The third-order valence-corrected chi connectivity index (χ3v) is 4.44. The fourth-order valence-electron chi connectivity index (χ4n) is 2.13. The van der Waals surface area contributed by atoms with Gasteiger partial charge in [-0.25, -0.2) is 4.39 Å². The first-order chi connectivity index (χ1) is 9.13. The molecule has 0 fully saturated rings. The third-order valence-electron chi connectivity index (χ3n) is 3.24. The molecule has 1 unspecified atom stereocenters. The van der Waals surface area contributed by atoms with E-state index in [1.807, 2.05) is 18.2 Å². The van der Waals surface area contributed by atoms with Crippen LogP contribution in [0, 0.1) is 12.7 Å². The van der Waals surface area contributed by atoms with Gasteiger partial charge >= 0.3 is 0 Å². The molecule has 2 aromatic carbocycles. The van der Waals surface area contributed by atoms with Crippen LogP contribution in [-0.2, 0) is 0 Å². The van der Waals surface area contributed by atoms with E-state index in [1.54, 1.807) is 23.5 Å². The predicted molar refractivity (Wildman–Crippen MR) is 79.0 cm³/mol. The molecule has 3 heteroatoms. The zero-order chi connectivity index (χ0) is 13.4. The standard InChI is InChI=1S/C16H14FNS/c1-10-2-4-11(5-3-10)16(18)15-9-12-8-13(17)6-7-14(12)19-15/h2-9,16H,18H2,1H3. The van der Waals surface area contributed by atoms with E-state index < -0.39 is 0 Å². The van der Waals surface area contributed by atoms with Crippen LogP contribution in [0.5, 0.6) is 0 Å². The predicted octanol–water partition coefficient (Wildman–Crippen LogP) is 4.40. The van der Waals surface area contributed by atoms with E-state index >= 15 is 0 Å². The molecule has 1 heterocycles. The molecule has 96 valence electrons. The molecule has 0 spiro atoms. The van der Waals surface area contributed by atoms with E-state index in [2.05, 4.69) is 19.1 Å². The molecule has 1 aromatic heterocycles. The molecule has 0 saturated carbocycles. The van der Waals surface area contributed by atoms with Crippen LogP contribution in [0.15, 0.2) is 48.5 Å². The highest BCUT2D eigenvalue weighted by atomic mass is 32.1. The first-order valence-corrected chi connectivity index (χ1v) is 6.96. The van der Waals surface area contributed by atoms with Crippen LogP contribution in [0.4, 0.5) is 4.39 Å². The molecule has 3 aromatic rings. The number of aryl methyl sites for hydroxylation is 1. The summed E-state index contributed by atoms with van der Waals surface area (Å²) in [4.78, 5) is 1.06. The number of nitrogens with two attached hydrogens (primary N) is 1. The molecule has 0 aliphatic carbocycles. The van der Waals surface area contributed by atoms with Gasteiger partial charge in [-0.1, -0.05) is 29.8 Å². The monoisotopic (exact) mass is 271 g/mol. The molecular weight excluding hydrogens is 257 g/mol. The van der Waals surface area contributed by atoms with Gasteiger partial charge in [-0.3, -0.25) is 0 Å². The van der Waals surface area contributed by atoms with Gasteiger partial charge in [0.25, 0.3) is 0 Å². The van der Waals surface area contributed by atoms with Crippen molar-refractivity contribution in [1.82, 2.24) is 0 Å². The Morgan fingerprint density at radius 2 is 1.79 bits per heavy atom. The van der Waals surface area contributed by atoms with Crippen molar-refractivity contribution in [1.29, 1.82) is 0 Å². The van der Waals surface area contributed by atoms with E-state index in [1.165, 1.54) is 11.6 Å². The first kappa shape index (κ1) is 12.3. The lowest BCUT2D eigenvalue weighted by Gasteiger charge is -2.09. The summed E-state index contributed by atoms with van der Waals surface area (Å²) in [5, 5.41) is 0.919. The lowest BCUT2D eigenvalue weighted by atomic mass is 10.0. The summed E-state index contributed by atoms with van der Waals surface area (Å²) in [7, 11) is 0. The minimum absolute atomic E-state index is 0.152. The average Bonchev–Trinajstić information content (AvgIpc) is 2.81. The fraction of sp³-hybridized carbons (Fsp3) is 0.125. The molecular formula is C16H14FNS. The summed E-state index contributed by atoms with van der Waals surface area (Å²) >= 11 is 1.62. The summed E-state index contributed by atoms with van der Waals surface area (Å²) in [6.07, 6.45) is 0. The van der Waals surface area contributed by atoms with Crippen molar-refractivity contribution in [3.05, 3.63) is 70.4 Å². The van der Waals surface area contributed by atoms with Crippen molar-refractivity contribution in [2.45, 2.75) is 13.0 Å².